The number of likely N-dealkylation sites (N-methyl/N-ethyl adjacent to an activating group) is 2. The van der Waals surface area contributed by atoms with Crippen molar-refractivity contribution >= 4 is 11.8 Å². The van der Waals surface area contributed by atoms with Crippen LogP contribution in [0.2, 0.25) is 0 Å². The van der Waals surface area contributed by atoms with Gasteiger partial charge >= 0.3 is 0 Å². The minimum atomic E-state index is -0.133. The number of nitrogens with one attached hydrogen (secondary N) is 2. The van der Waals surface area contributed by atoms with E-state index in [9.17, 15) is 9.59 Å². The van der Waals surface area contributed by atoms with E-state index in [1.807, 2.05) is 6.92 Å². The maximum atomic E-state index is 11.8. The Morgan fingerprint density at radius 3 is 2.88 bits per heavy atom. The topological polar surface area (TPSA) is 70.7 Å². The van der Waals surface area contributed by atoms with Crippen LogP contribution in [0.3, 0.4) is 0 Å². The first-order valence-corrected chi connectivity index (χ1v) is 5.96. The smallest absolute Gasteiger partial charge is 0.239 e. The van der Waals surface area contributed by atoms with Gasteiger partial charge in [-0.2, -0.15) is 0 Å². The summed E-state index contributed by atoms with van der Waals surface area (Å²) in [6.45, 7) is 4.70. The molecule has 1 unspecified atom stereocenters. The highest BCUT2D eigenvalue weighted by Crippen LogP contribution is 2.03. The third-order valence-electron chi connectivity index (χ3n) is 2.59. The first-order valence-electron chi connectivity index (χ1n) is 5.96. The van der Waals surface area contributed by atoms with Crippen molar-refractivity contribution in [2.45, 2.75) is 19.4 Å². The molecule has 0 saturated carbocycles. The average Bonchev–Trinajstić information content (AvgIpc) is 2.30. The molecule has 1 fully saturated rings. The molecule has 1 aliphatic heterocycles. The third-order valence-corrected chi connectivity index (χ3v) is 2.59. The fraction of sp³-hybridized carbons (Fsp3) is 0.818. The minimum absolute atomic E-state index is 0.0649. The van der Waals surface area contributed by atoms with Gasteiger partial charge in [-0.05, 0) is 6.92 Å². The first kappa shape index (κ1) is 13.9. The molecule has 6 heteroatoms. The fourth-order valence-electron chi connectivity index (χ4n) is 1.66. The summed E-state index contributed by atoms with van der Waals surface area (Å²) >= 11 is 0. The van der Waals surface area contributed by atoms with Crippen molar-refractivity contribution in [2.75, 3.05) is 39.8 Å². The summed E-state index contributed by atoms with van der Waals surface area (Å²) in [5.41, 5.74) is 0. The zero-order valence-corrected chi connectivity index (χ0v) is 10.5. The van der Waals surface area contributed by atoms with Crippen molar-refractivity contribution in [1.82, 2.24) is 15.5 Å². The second-order valence-corrected chi connectivity index (χ2v) is 4.10. The van der Waals surface area contributed by atoms with Crippen LogP contribution in [-0.4, -0.2) is 62.7 Å². The highest BCUT2D eigenvalue weighted by Gasteiger charge is 2.20. The normalized spacial score (nSPS) is 19.8. The number of carbonyl (C=O) groups excluding carboxylic acids is 2. The van der Waals surface area contributed by atoms with E-state index in [-0.39, 0.29) is 24.5 Å². The van der Waals surface area contributed by atoms with E-state index >= 15 is 0 Å². The summed E-state index contributed by atoms with van der Waals surface area (Å²) in [6.07, 6.45) is 0.246. The van der Waals surface area contributed by atoms with E-state index in [1.54, 1.807) is 7.05 Å². The van der Waals surface area contributed by atoms with Gasteiger partial charge in [0, 0.05) is 26.7 Å². The van der Waals surface area contributed by atoms with E-state index in [0.29, 0.717) is 26.1 Å². The summed E-state index contributed by atoms with van der Waals surface area (Å²) < 4.78 is 5.44. The molecule has 1 saturated heterocycles. The van der Waals surface area contributed by atoms with Crippen LogP contribution in [0, 0.1) is 0 Å². The molecule has 17 heavy (non-hydrogen) atoms. The number of hydrogen-bond acceptors (Lipinski definition) is 4. The van der Waals surface area contributed by atoms with E-state index in [4.69, 9.17) is 4.74 Å². The lowest BCUT2D eigenvalue weighted by Gasteiger charge is -2.25. The van der Waals surface area contributed by atoms with Crippen molar-refractivity contribution in [3.05, 3.63) is 0 Å². The van der Waals surface area contributed by atoms with Crippen molar-refractivity contribution in [3.63, 3.8) is 0 Å². The molecule has 98 valence electrons. The Hall–Kier alpha value is -1.14. The fourth-order valence-corrected chi connectivity index (χ4v) is 1.66. The molecule has 0 radical (unpaired) electrons. The van der Waals surface area contributed by atoms with Crippen LogP contribution in [0.5, 0.6) is 0 Å². The molecule has 0 aliphatic carbocycles. The Balaban J connectivity index is 2.28. The SMILES string of the molecule is CCNC(=O)CN(C)C(=O)CC1CNCCO1. The molecule has 2 N–H and O–H groups in total. The monoisotopic (exact) mass is 243 g/mol. The number of amides is 2. The number of morpholine rings is 1. The minimum Gasteiger partial charge on any atom is -0.375 e. The van der Waals surface area contributed by atoms with Crippen LogP contribution >= 0.6 is 0 Å². The third kappa shape index (κ3) is 5.14. The standard InChI is InChI=1S/C11H21N3O3/c1-3-13-10(15)8-14(2)11(16)6-9-7-12-4-5-17-9/h9,12H,3-8H2,1-2H3,(H,13,15). The molecule has 1 aliphatic rings. The van der Waals surface area contributed by atoms with Crippen LogP contribution in [0.25, 0.3) is 0 Å². The summed E-state index contributed by atoms with van der Waals surface area (Å²) in [5, 5.41) is 5.82. The van der Waals surface area contributed by atoms with Gasteiger partial charge in [-0.3, -0.25) is 9.59 Å². The van der Waals surface area contributed by atoms with Crippen molar-refractivity contribution in [1.29, 1.82) is 0 Å². The lowest BCUT2D eigenvalue weighted by Crippen LogP contribution is -2.43. The molecule has 0 aromatic heterocycles. The molecule has 0 aromatic rings. The van der Waals surface area contributed by atoms with Crippen LogP contribution in [0.4, 0.5) is 0 Å². The van der Waals surface area contributed by atoms with Gasteiger partial charge in [-0.1, -0.05) is 0 Å². The van der Waals surface area contributed by atoms with Crippen LogP contribution in [-0.2, 0) is 14.3 Å². The van der Waals surface area contributed by atoms with Gasteiger partial charge in [0.25, 0.3) is 0 Å². The van der Waals surface area contributed by atoms with Crippen molar-refractivity contribution in [2.24, 2.45) is 0 Å². The van der Waals surface area contributed by atoms with Gasteiger partial charge in [-0.25, -0.2) is 0 Å². The van der Waals surface area contributed by atoms with Gasteiger partial charge in [0.2, 0.25) is 11.8 Å². The van der Waals surface area contributed by atoms with Gasteiger partial charge in [0.05, 0.1) is 25.7 Å². The quantitative estimate of drug-likeness (QED) is 0.647. The number of hydrogen-bond donors (Lipinski definition) is 2. The Bertz CT molecular complexity index is 265. The first-order chi connectivity index (χ1) is 8.13. The lowest BCUT2D eigenvalue weighted by molar-refractivity contribution is -0.137. The predicted molar refractivity (Wildman–Crippen MR) is 63.5 cm³/mol. The largest absolute Gasteiger partial charge is 0.375 e. The molecular weight excluding hydrogens is 222 g/mol. The van der Waals surface area contributed by atoms with Gasteiger partial charge in [0.1, 0.15) is 0 Å². The summed E-state index contributed by atoms with van der Waals surface area (Å²) in [4.78, 5) is 24.5. The van der Waals surface area contributed by atoms with E-state index in [0.717, 1.165) is 6.54 Å². The van der Waals surface area contributed by atoms with E-state index in [2.05, 4.69) is 10.6 Å². The van der Waals surface area contributed by atoms with Gasteiger partial charge in [-0.15, -0.1) is 0 Å². The highest BCUT2D eigenvalue weighted by atomic mass is 16.5. The number of ether oxygens (including phenoxy) is 1. The molecular formula is C11H21N3O3. The zero-order chi connectivity index (χ0) is 12.7. The highest BCUT2D eigenvalue weighted by molar-refractivity contribution is 5.84. The Labute approximate surface area is 102 Å². The molecule has 2 amide bonds. The molecule has 6 nitrogen and oxygen atoms in total. The number of carbonyl (C=O) groups is 2. The summed E-state index contributed by atoms with van der Waals surface area (Å²) in [6, 6.07) is 0. The zero-order valence-electron chi connectivity index (χ0n) is 10.5. The van der Waals surface area contributed by atoms with Crippen LogP contribution in [0.1, 0.15) is 13.3 Å². The maximum Gasteiger partial charge on any atom is 0.239 e. The average molecular weight is 243 g/mol. The summed E-state index contributed by atoms with van der Waals surface area (Å²) in [7, 11) is 1.63. The Morgan fingerprint density at radius 2 is 2.29 bits per heavy atom. The van der Waals surface area contributed by atoms with Gasteiger partial charge in [0.15, 0.2) is 0 Å². The van der Waals surface area contributed by atoms with E-state index < -0.39 is 0 Å². The Kier molecular flexibility index (Phi) is 5.93. The number of rotatable bonds is 5. The predicted octanol–water partition coefficient (Wildman–Crippen LogP) is -1.04. The number of nitrogens with zero attached hydrogens (tertiary/aromatic N) is 1. The van der Waals surface area contributed by atoms with Crippen molar-refractivity contribution < 1.29 is 14.3 Å². The summed E-state index contributed by atoms with van der Waals surface area (Å²) in [5.74, 6) is -0.198. The molecule has 1 atom stereocenters. The van der Waals surface area contributed by atoms with Gasteiger partial charge < -0.3 is 20.3 Å². The van der Waals surface area contributed by atoms with Crippen molar-refractivity contribution in [3.8, 4) is 0 Å². The van der Waals surface area contributed by atoms with Crippen LogP contribution < -0.4 is 10.6 Å². The van der Waals surface area contributed by atoms with Crippen LogP contribution in [0.15, 0.2) is 0 Å². The van der Waals surface area contributed by atoms with E-state index in [1.165, 1.54) is 4.90 Å². The maximum absolute atomic E-state index is 11.8. The molecule has 0 aromatic carbocycles. The Morgan fingerprint density at radius 1 is 1.53 bits per heavy atom. The molecule has 0 spiro atoms. The molecule has 1 heterocycles. The second kappa shape index (κ2) is 7.24. The molecule has 1 rings (SSSR count). The second-order valence-electron chi connectivity index (χ2n) is 4.10. The molecule has 0 bridgehead atoms. The lowest BCUT2D eigenvalue weighted by atomic mass is 10.2.